The number of hydrogen-bond donors (Lipinski definition) is 2. The molecule has 1 saturated carbocycles. The fraction of sp³-hybridized carbons (Fsp3) is 0.417. The Morgan fingerprint density at radius 2 is 1.66 bits per heavy atom. The van der Waals surface area contributed by atoms with Gasteiger partial charge in [0.1, 0.15) is 0 Å². The number of rotatable bonds is 7. The third-order valence-electron chi connectivity index (χ3n) is 5.61. The van der Waals surface area contributed by atoms with E-state index in [0.717, 1.165) is 31.2 Å². The number of esters is 1. The Morgan fingerprint density at radius 1 is 1.00 bits per heavy atom. The minimum atomic E-state index is -3.76. The molecule has 0 heterocycles. The van der Waals surface area contributed by atoms with Crippen molar-refractivity contribution in [3.8, 4) is 0 Å². The van der Waals surface area contributed by atoms with Crippen molar-refractivity contribution in [3.05, 3.63) is 59.2 Å². The predicted octanol–water partition coefficient (Wildman–Crippen LogP) is 4.10. The van der Waals surface area contributed by atoms with Gasteiger partial charge in [-0.3, -0.25) is 9.52 Å². The van der Waals surface area contributed by atoms with Gasteiger partial charge in [0.25, 0.3) is 15.9 Å². The van der Waals surface area contributed by atoms with Crippen LogP contribution in [0.1, 0.15) is 60.5 Å². The highest BCUT2D eigenvalue weighted by Crippen LogP contribution is 2.21. The fourth-order valence-electron chi connectivity index (χ4n) is 3.73. The second-order valence-corrected chi connectivity index (χ2v) is 9.99. The first-order valence-electron chi connectivity index (χ1n) is 10.9. The SMILES string of the molecule is Cc1ccc(C)c(S(=O)(=O)Nc2ccc(C(=O)OC(C)C(=O)NC3CCCCC3)cc2)c1. The molecule has 0 saturated heterocycles. The highest BCUT2D eigenvalue weighted by molar-refractivity contribution is 7.92. The zero-order valence-corrected chi connectivity index (χ0v) is 19.5. The Morgan fingerprint density at radius 3 is 2.31 bits per heavy atom. The first kappa shape index (κ1) is 23.8. The molecular formula is C24H30N2O5S. The predicted molar refractivity (Wildman–Crippen MR) is 123 cm³/mol. The minimum Gasteiger partial charge on any atom is -0.449 e. The Labute approximate surface area is 189 Å². The topological polar surface area (TPSA) is 102 Å². The number of aryl methyl sites for hydroxylation is 2. The molecule has 1 unspecified atom stereocenters. The number of amides is 1. The Balaban J connectivity index is 1.60. The summed E-state index contributed by atoms with van der Waals surface area (Å²) in [4.78, 5) is 24.9. The average Bonchev–Trinajstić information content (AvgIpc) is 2.76. The molecule has 1 aliphatic rings. The minimum absolute atomic E-state index is 0.141. The molecule has 0 radical (unpaired) electrons. The maximum Gasteiger partial charge on any atom is 0.338 e. The van der Waals surface area contributed by atoms with Gasteiger partial charge in [-0.25, -0.2) is 13.2 Å². The maximum atomic E-state index is 12.7. The summed E-state index contributed by atoms with van der Waals surface area (Å²) >= 11 is 0. The molecule has 0 aliphatic heterocycles. The molecule has 0 bridgehead atoms. The van der Waals surface area contributed by atoms with E-state index in [0.29, 0.717) is 11.3 Å². The summed E-state index contributed by atoms with van der Waals surface area (Å²) in [5, 5.41) is 2.94. The van der Waals surface area contributed by atoms with Crippen LogP contribution in [0.2, 0.25) is 0 Å². The van der Waals surface area contributed by atoms with Gasteiger partial charge in [-0.05, 0) is 75.1 Å². The van der Waals surface area contributed by atoms with E-state index in [1.165, 1.54) is 30.7 Å². The molecule has 2 aromatic carbocycles. The number of anilines is 1. The van der Waals surface area contributed by atoms with E-state index in [1.807, 2.05) is 13.0 Å². The lowest BCUT2D eigenvalue weighted by Gasteiger charge is -2.24. The third kappa shape index (κ3) is 6.09. The van der Waals surface area contributed by atoms with Crippen molar-refractivity contribution in [3.63, 3.8) is 0 Å². The quantitative estimate of drug-likeness (QED) is 0.609. The van der Waals surface area contributed by atoms with Gasteiger partial charge >= 0.3 is 5.97 Å². The number of sulfonamides is 1. The molecular weight excluding hydrogens is 428 g/mol. The van der Waals surface area contributed by atoms with Crippen LogP contribution in [0.3, 0.4) is 0 Å². The molecule has 1 aliphatic carbocycles. The molecule has 2 N–H and O–H groups in total. The van der Waals surface area contributed by atoms with Crippen molar-refractivity contribution in [2.24, 2.45) is 0 Å². The largest absolute Gasteiger partial charge is 0.449 e. The number of nitrogens with one attached hydrogen (secondary N) is 2. The molecule has 2 aromatic rings. The molecule has 172 valence electrons. The lowest BCUT2D eigenvalue weighted by molar-refractivity contribution is -0.130. The molecule has 32 heavy (non-hydrogen) atoms. The monoisotopic (exact) mass is 458 g/mol. The first-order chi connectivity index (χ1) is 15.2. The van der Waals surface area contributed by atoms with Gasteiger partial charge in [-0.1, -0.05) is 31.4 Å². The number of carbonyl (C=O) groups is 2. The summed E-state index contributed by atoms with van der Waals surface area (Å²) in [5.41, 5.74) is 2.04. The molecule has 1 fully saturated rings. The summed E-state index contributed by atoms with van der Waals surface area (Å²) in [6, 6.07) is 11.3. The van der Waals surface area contributed by atoms with Gasteiger partial charge in [-0.2, -0.15) is 0 Å². The molecule has 1 atom stereocenters. The van der Waals surface area contributed by atoms with Gasteiger partial charge in [0.15, 0.2) is 6.10 Å². The van der Waals surface area contributed by atoms with Crippen molar-refractivity contribution in [1.29, 1.82) is 0 Å². The van der Waals surface area contributed by atoms with Crippen LogP contribution in [0.25, 0.3) is 0 Å². The lowest BCUT2D eigenvalue weighted by atomic mass is 9.95. The van der Waals surface area contributed by atoms with E-state index < -0.39 is 22.1 Å². The van der Waals surface area contributed by atoms with Crippen LogP contribution in [0.15, 0.2) is 47.4 Å². The summed E-state index contributed by atoms with van der Waals surface area (Å²) in [5.74, 6) is -0.941. The van der Waals surface area contributed by atoms with Gasteiger partial charge in [-0.15, -0.1) is 0 Å². The molecule has 0 spiro atoms. The standard InChI is InChI=1S/C24H30N2O5S/c1-16-9-10-17(2)22(15-16)32(29,30)26-21-13-11-19(12-14-21)24(28)31-18(3)23(27)25-20-7-5-4-6-8-20/h9-15,18,20,26H,4-8H2,1-3H3,(H,25,27). The summed E-state index contributed by atoms with van der Waals surface area (Å²) in [6.07, 6.45) is 4.37. The van der Waals surface area contributed by atoms with Crippen LogP contribution in [0.5, 0.6) is 0 Å². The van der Waals surface area contributed by atoms with E-state index in [2.05, 4.69) is 10.0 Å². The van der Waals surface area contributed by atoms with E-state index >= 15 is 0 Å². The van der Waals surface area contributed by atoms with Gasteiger partial charge < -0.3 is 10.1 Å². The number of ether oxygens (including phenoxy) is 1. The van der Waals surface area contributed by atoms with E-state index in [1.54, 1.807) is 26.0 Å². The highest BCUT2D eigenvalue weighted by Gasteiger charge is 2.23. The molecule has 8 heteroatoms. The van der Waals surface area contributed by atoms with Crippen LogP contribution in [0.4, 0.5) is 5.69 Å². The Bertz CT molecular complexity index is 1070. The second kappa shape index (κ2) is 10.2. The second-order valence-electron chi connectivity index (χ2n) is 8.34. The zero-order chi connectivity index (χ0) is 23.3. The van der Waals surface area contributed by atoms with Crippen molar-refractivity contribution in [1.82, 2.24) is 5.32 Å². The Kier molecular flexibility index (Phi) is 7.56. The van der Waals surface area contributed by atoms with Crippen LogP contribution in [-0.2, 0) is 19.6 Å². The van der Waals surface area contributed by atoms with Crippen molar-refractivity contribution in [2.75, 3.05) is 4.72 Å². The van der Waals surface area contributed by atoms with Crippen molar-refractivity contribution in [2.45, 2.75) is 69.9 Å². The zero-order valence-electron chi connectivity index (χ0n) is 18.7. The lowest BCUT2D eigenvalue weighted by Crippen LogP contribution is -2.42. The van der Waals surface area contributed by atoms with Crippen molar-refractivity contribution < 1.29 is 22.7 Å². The smallest absolute Gasteiger partial charge is 0.338 e. The summed E-state index contributed by atoms with van der Waals surface area (Å²) < 4.78 is 33.3. The van der Waals surface area contributed by atoms with Crippen LogP contribution >= 0.6 is 0 Å². The molecule has 1 amide bonds. The third-order valence-corrected chi connectivity index (χ3v) is 7.13. The summed E-state index contributed by atoms with van der Waals surface area (Å²) in [6.45, 7) is 5.11. The Hall–Kier alpha value is -2.87. The number of carbonyl (C=O) groups excluding carboxylic acids is 2. The van der Waals surface area contributed by atoms with E-state index in [-0.39, 0.29) is 22.4 Å². The summed E-state index contributed by atoms with van der Waals surface area (Å²) in [7, 11) is -3.76. The molecule has 0 aromatic heterocycles. The molecule has 3 rings (SSSR count). The van der Waals surface area contributed by atoms with Crippen LogP contribution in [0, 0.1) is 13.8 Å². The van der Waals surface area contributed by atoms with Crippen LogP contribution < -0.4 is 10.0 Å². The molecule has 7 nitrogen and oxygen atoms in total. The number of hydrogen-bond acceptors (Lipinski definition) is 5. The maximum absolute atomic E-state index is 12.7. The van der Waals surface area contributed by atoms with Crippen molar-refractivity contribution >= 4 is 27.6 Å². The normalized spacial score (nSPS) is 15.6. The van der Waals surface area contributed by atoms with Crippen LogP contribution in [-0.4, -0.2) is 32.4 Å². The highest BCUT2D eigenvalue weighted by atomic mass is 32.2. The van der Waals surface area contributed by atoms with E-state index in [9.17, 15) is 18.0 Å². The van der Waals surface area contributed by atoms with E-state index in [4.69, 9.17) is 4.74 Å². The van der Waals surface area contributed by atoms with Gasteiger partial charge in [0, 0.05) is 11.7 Å². The fourth-order valence-corrected chi connectivity index (χ4v) is 5.12. The number of benzene rings is 2. The van der Waals surface area contributed by atoms with Gasteiger partial charge in [0.2, 0.25) is 0 Å². The van der Waals surface area contributed by atoms with Gasteiger partial charge in [0.05, 0.1) is 10.5 Å². The average molecular weight is 459 g/mol. The first-order valence-corrected chi connectivity index (χ1v) is 12.4.